The fourth-order valence-corrected chi connectivity index (χ4v) is 1.76. The van der Waals surface area contributed by atoms with E-state index in [2.05, 4.69) is 20.8 Å². The zero-order valence-electron chi connectivity index (χ0n) is 12.2. The Morgan fingerprint density at radius 3 is 2.86 bits per heavy atom. The van der Waals surface area contributed by atoms with Crippen molar-refractivity contribution in [3.8, 4) is 11.4 Å². The van der Waals surface area contributed by atoms with Gasteiger partial charge in [0.15, 0.2) is 5.82 Å². The van der Waals surface area contributed by atoms with E-state index in [0.29, 0.717) is 29.5 Å². The summed E-state index contributed by atoms with van der Waals surface area (Å²) in [5, 5.41) is 14.2. The number of methoxy groups -OCH3 is 1. The fraction of sp³-hybridized carbons (Fsp3) is 0.385. The lowest BCUT2D eigenvalue weighted by atomic mass is 10.1. The summed E-state index contributed by atoms with van der Waals surface area (Å²) >= 11 is 0. The van der Waals surface area contributed by atoms with Crippen LogP contribution in [0, 0.1) is 12.8 Å². The average molecular weight is 290 g/mol. The van der Waals surface area contributed by atoms with Crippen molar-refractivity contribution in [2.45, 2.75) is 13.8 Å². The summed E-state index contributed by atoms with van der Waals surface area (Å²) in [5.41, 5.74) is 6.77. The number of hydrogen-bond donors (Lipinski definition) is 2. The van der Waals surface area contributed by atoms with Crippen LogP contribution in [-0.2, 0) is 4.79 Å². The summed E-state index contributed by atoms with van der Waals surface area (Å²) in [6.45, 7) is 3.84. The molecule has 8 nitrogen and oxygen atoms in total. The van der Waals surface area contributed by atoms with Gasteiger partial charge in [0.2, 0.25) is 5.91 Å². The maximum atomic E-state index is 11.9. The summed E-state index contributed by atoms with van der Waals surface area (Å²) in [4.78, 5) is 11.9. The molecule has 0 saturated heterocycles. The van der Waals surface area contributed by atoms with E-state index in [4.69, 9.17) is 10.5 Å². The molecule has 1 heterocycles. The molecule has 1 aromatic carbocycles. The number of ether oxygens (including phenoxy) is 1. The Labute approximate surface area is 122 Å². The van der Waals surface area contributed by atoms with Crippen molar-refractivity contribution in [3.63, 3.8) is 0 Å². The smallest absolute Gasteiger partial charge is 0.228 e. The van der Waals surface area contributed by atoms with Gasteiger partial charge in [0.25, 0.3) is 0 Å². The lowest BCUT2D eigenvalue weighted by Crippen LogP contribution is -2.26. The first kappa shape index (κ1) is 14.9. The predicted molar refractivity (Wildman–Crippen MR) is 77.3 cm³/mol. The van der Waals surface area contributed by atoms with E-state index in [1.807, 2.05) is 0 Å². The Balaban J connectivity index is 2.35. The Hall–Kier alpha value is -2.48. The van der Waals surface area contributed by atoms with Crippen LogP contribution in [0.1, 0.15) is 12.7 Å². The highest BCUT2D eigenvalue weighted by atomic mass is 16.5. The molecule has 1 atom stereocenters. The summed E-state index contributed by atoms with van der Waals surface area (Å²) in [6.07, 6.45) is 0. The lowest BCUT2D eigenvalue weighted by Gasteiger charge is -2.13. The minimum atomic E-state index is -0.259. The van der Waals surface area contributed by atoms with Crippen LogP contribution in [-0.4, -0.2) is 39.8 Å². The van der Waals surface area contributed by atoms with Crippen molar-refractivity contribution < 1.29 is 9.53 Å². The van der Waals surface area contributed by atoms with Gasteiger partial charge in [-0.3, -0.25) is 4.79 Å². The molecule has 0 aliphatic carbocycles. The number of aryl methyl sites for hydroxylation is 1. The first-order valence-corrected chi connectivity index (χ1v) is 6.51. The standard InChI is InChI=1S/C13H18N6O2/c1-8(7-14)13(20)15-10-4-5-12(21-3)11(6-10)19-9(2)16-17-18-19/h4-6,8H,7,14H2,1-3H3,(H,15,20). The number of carbonyl (C=O) groups excluding carboxylic acids is 1. The summed E-state index contributed by atoms with van der Waals surface area (Å²) in [5.74, 6) is 0.828. The molecule has 2 rings (SSSR count). The van der Waals surface area contributed by atoms with Gasteiger partial charge in [-0.2, -0.15) is 4.68 Å². The number of tetrazole rings is 1. The van der Waals surface area contributed by atoms with Crippen molar-refractivity contribution in [2.24, 2.45) is 11.7 Å². The van der Waals surface area contributed by atoms with Crippen LogP contribution in [0.3, 0.4) is 0 Å². The molecular formula is C13H18N6O2. The molecule has 1 amide bonds. The Morgan fingerprint density at radius 1 is 1.52 bits per heavy atom. The molecule has 0 radical (unpaired) electrons. The van der Waals surface area contributed by atoms with Crippen molar-refractivity contribution in [3.05, 3.63) is 24.0 Å². The van der Waals surface area contributed by atoms with E-state index in [1.165, 1.54) is 0 Å². The van der Waals surface area contributed by atoms with Crippen molar-refractivity contribution in [1.82, 2.24) is 20.2 Å². The molecule has 112 valence electrons. The number of benzene rings is 1. The van der Waals surface area contributed by atoms with E-state index in [0.717, 1.165) is 0 Å². The highest BCUT2D eigenvalue weighted by Crippen LogP contribution is 2.26. The first-order valence-electron chi connectivity index (χ1n) is 6.51. The fourth-order valence-electron chi connectivity index (χ4n) is 1.76. The molecule has 3 N–H and O–H groups in total. The van der Waals surface area contributed by atoms with Gasteiger partial charge in [0, 0.05) is 18.2 Å². The second-order valence-corrected chi connectivity index (χ2v) is 4.65. The molecule has 0 aliphatic heterocycles. The summed E-state index contributed by atoms with van der Waals surface area (Å²) in [6, 6.07) is 5.26. The molecule has 1 aromatic heterocycles. The lowest BCUT2D eigenvalue weighted by molar-refractivity contribution is -0.119. The zero-order chi connectivity index (χ0) is 15.4. The van der Waals surface area contributed by atoms with E-state index in [1.54, 1.807) is 43.8 Å². The second kappa shape index (κ2) is 6.31. The van der Waals surface area contributed by atoms with Crippen LogP contribution in [0.15, 0.2) is 18.2 Å². The summed E-state index contributed by atoms with van der Waals surface area (Å²) < 4.78 is 6.85. The van der Waals surface area contributed by atoms with Gasteiger partial charge in [-0.15, -0.1) is 5.10 Å². The average Bonchev–Trinajstić information content (AvgIpc) is 2.92. The third-order valence-corrected chi connectivity index (χ3v) is 3.10. The van der Waals surface area contributed by atoms with E-state index < -0.39 is 0 Å². The van der Waals surface area contributed by atoms with Crippen LogP contribution in [0.25, 0.3) is 5.69 Å². The van der Waals surface area contributed by atoms with Gasteiger partial charge >= 0.3 is 0 Å². The molecular weight excluding hydrogens is 272 g/mol. The molecule has 21 heavy (non-hydrogen) atoms. The van der Waals surface area contributed by atoms with Gasteiger partial charge in [-0.05, 0) is 35.5 Å². The van der Waals surface area contributed by atoms with Crippen LogP contribution >= 0.6 is 0 Å². The number of nitrogens with one attached hydrogen (secondary N) is 1. The number of amides is 1. The normalized spacial score (nSPS) is 12.0. The highest BCUT2D eigenvalue weighted by Gasteiger charge is 2.14. The molecule has 0 saturated carbocycles. The van der Waals surface area contributed by atoms with E-state index in [9.17, 15) is 4.79 Å². The van der Waals surface area contributed by atoms with Gasteiger partial charge in [-0.25, -0.2) is 0 Å². The van der Waals surface area contributed by atoms with Crippen LogP contribution in [0.4, 0.5) is 5.69 Å². The minimum absolute atomic E-state index is 0.137. The number of carbonyl (C=O) groups is 1. The number of rotatable bonds is 5. The quantitative estimate of drug-likeness (QED) is 0.830. The highest BCUT2D eigenvalue weighted by molar-refractivity contribution is 5.92. The number of anilines is 1. The van der Waals surface area contributed by atoms with Gasteiger partial charge in [-0.1, -0.05) is 6.92 Å². The van der Waals surface area contributed by atoms with E-state index >= 15 is 0 Å². The summed E-state index contributed by atoms with van der Waals surface area (Å²) in [7, 11) is 1.56. The third kappa shape index (κ3) is 3.16. The van der Waals surface area contributed by atoms with Gasteiger partial charge < -0.3 is 15.8 Å². The Morgan fingerprint density at radius 2 is 2.29 bits per heavy atom. The van der Waals surface area contributed by atoms with Crippen LogP contribution < -0.4 is 15.8 Å². The van der Waals surface area contributed by atoms with Crippen LogP contribution in [0.5, 0.6) is 5.75 Å². The third-order valence-electron chi connectivity index (χ3n) is 3.10. The zero-order valence-corrected chi connectivity index (χ0v) is 12.2. The van der Waals surface area contributed by atoms with Crippen LogP contribution in [0.2, 0.25) is 0 Å². The Bertz CT molecular complexity index is 639. The Kier molecular flexibility index (Phi) is 4.49. The van der Waals surface area contributed by atoms with Crippen molar-refractivity contribution in [1.29, 1.82) is 0 Å². The number of nitrogens with two attached hydrogens (primary N) is 1. The first-order chi connectivity index (χ1) is 10.1. The van der Waals surface area contributed by atoms with E-state index in [-0.39, 0.29) is 11.8 Å². The maximum Gasteiger partial charge on any atom is 0.228 e. The number of aromatic nitrogens is 4. The SMILES string of the molecule is COc1ccc(NC(=O)C(C)CN)cc1-n1nnnc1C. The molecule has 0 spiro atoms. The molecule has 2 aromatic rings. The number of hydrogen-bond acceptors (Lipinski definition) is 6. The monoisotopic (exact) mass is 290 g/mol. The minimum Gasteiger partial charge on any atom is -0.494 e. The molecule has 1 unspecified atom stereocenters. The molecule has 8 heteroatoms. The molecule has 0 fully saturated rings. The number of nitrogens with zero attached hydrogens (tertiary/aromatic N) is 4. The van der Waals surface area contributed by atoms with Crippen molar-refractivity contribution in [2.75, 3.05) is 19.0 Å². The molecule has 0 bridgehead atoms. The van der Waals surface area contributed by atoms with Gasteiger partial charge in [0.05, 0.1) is 7.11 Å². The maximum absolute atomic E-state index is 11.9. The topological polar surface area (TPSA) is 108 Å². The van der Waals surface area contributed by atoms with Gasteiger partial charge in [0.1, 0.15) is 11.4 Å². The predicted octanol–water partition coefficient (Wildman–Crippen LogP) is 0.513. The second-order valence-electron chi connectivity index (χ2n) is 4.65. The van der Waals surface area contributed by atoms with Crippen molar-refractivity contribution >= 4 is 11.6 Å². The molecule has 0 aliphatic rings. The largest absolute Gasteiger partial charge is 0.494 e.